The molecule has 4 heteroatoms. The third-order valence-corrected chi connectivity index (χ3v) is 3.84. The molecule has 2 aliphatic rings. The van der Waals surface area contributed by atoms with E-state index in [1.165, 1.54) is 0 Å². The van der Waals surface area contributed by atoms with Crippen molar-refractivity contribution in [1.29, 1.82) is 0 Å². The summed E-state index contributed by atoms with van der Waals surface area (Å²) in [5.41, 5.74) is 0. The van der Waals surface area contributed by atoms with E-state index in [-0.39, 0.29) is 11.8 Å². The number of hydrogen-bond donors (Lipinski definition) is 0. The van der Waals surface area contributed by atoms with Gasteiger partial charge in [0, 0.05) is 38.0 Å². The lowest BCUT2D eigenvalue weighted by atomic mass is 10.2. The van der Waals surface area contributed by atoms with Crippen molar-refractivity contribution in [3.63, 3.8) is 0 Å². The fraction of sp³-hybridized carbons (Fsp3) is 0.833. The van der Waals surface area contributed by atoms with Gasteiger partial charge in [-0.3, -0.25) is 9.59 Å². The molecular weight excluding hydrogens is 204 g/mol. The molecular formula is C12H20N2O2. The van der Waals surface area contributed by atoms with Gasteiger partial charge in [-0.15, -0.1) is 0 Å². The summed E-state index contributed by atoms with van der Waals surface area (Å²) in [5.74, 6) is 0.485. The van der Waals surface area contributed by atoms with Crippen LogP contribution in [0.5, 0.6) is 0 Å². The van der Waals surface area contributed by atoms with E-state index in [0.29, 0.717) is 38.0 Å². The van der Waals surface area contributed by atoms with Crippen molar-refractivity contribution in [3.05, 3.63) is 0 Å². The molecule has 2 atom stereocenters. The summed E-state index contributed by atoms with van der Waals surface area (Å²) in [6.07, 6.45) is 3.26. The maximum atomic E-state index is 11.6. The Hall–Kier alpha value is -1.06. The van der Waals surface area contributed by atoms with Crippen LogP contribution in [0, 0.1) is 0 Å². The molecule has 2 heterocycles. The standard InChI is InChI=1S/C12H20N2O2/c1-9-3-5-11(15)13(9)7-8-14-10(2)4-6-12(14)16/h9-10H,3-8H2,1-2H3. The van der Waals surface area contributed by atoms with Crippen LogP contribution in [0.25, 0.3) is 0 Å². The van der Waals surface area contributed by atoms with Gasteiger partial charge < -0.3 is 9.80 Å². The molecule has 4 nitrogen and oxygen atoms in total. The quantitative estimate of drug-likeness (QED) is 0.718. The minimum atomic E-state index is 0.242. The zero-order valence-electron chi connectivity index (χ0n) is 10.1. The number of carbonyl (C=O) groups is 2. The van der Waals surface area contributed by atoms with Crippen LogP contribution in [0.1, 0.15) is 39.5 Å². The van der Waals surface area contributed by atoms with E-state index in [4.69, 9.17) is 0 Å². The molecule has 0 aromatic rings. The molecule has 2 unspecified atom stereocenters. The van der Waals surface area contributed by atoms with Crippen molar-refractivity contribution < 1.29 is 9.59 Å². The second-order valence-corrected chi connectivity index (χ2v) is 4.95. The van der Waals surface area contributed by atoms with Crippen LogP contribution in [0.4, 0.5) is 0 Å². The van der Waals surface area contributed by atoms with Crippen molar-refractivity contribution in [2.24, 2.45) is 0 Å². The van der Waals surface area contributed by atoms with Crippen LogP contribution in [0.15, 0.2) is 0 Å². The van der Waals surface area contributed by atoms with Gasteiger partial charge in [0.1, 0.15) is 0 Å². The number of rotatable bonds is 3. The summed E-state index contributed by atoms with van der Waals surface area (Å²) in [7, 11) is 0. The first kappa shape index (κ1) is 11.4. The highest BCUT2D eigenvalue weighted by molar-refractivity contribution is 5.80. The number of carbonyl (C=O) groups excluding carboxylic acids is 2. The summed E-state index contributed by atoms with van der Waals surface area (Å²) in [4.78, 5) is 27.0. The van der Waals surface area contributed by atoms with Gasteiger partial charge in [0.15, 0.2) is 0 Å². The van der Waals surface area contributed by atoms with E-state index in [0.717, 1.165) is 12.8 Å². The minimum absolute atomic E-state index is 0.242. The Bertz CT molecular complexity index is 273. The first-order valence-electron chi connectivity index (χ1n) is 6.18. The Morgan fingerprint density at radius 2 is 1.31 bits per heavy atom. The highest BCUT2D eigenvalue weighted by Crippen LogP contribution is 2.20. The Balaban J connectivity index is 1.87. The van der Waals surface area contributed by atoms with Crippen molar-refractivity contribution in [1.82, 2.24) is 9.80 Å². The van der Waals surface area contributed by atoms with Gasteiger partial charge in [0.2, 0.25) is 11.8 Å². The van der Waals surface area contributed by atoms with Gasteiger partial charge in [-0.1, -0.05) is 0 Å². The normalized spacial score (nSPS) is 30.6. The molecule has 0 aromatic heterocycles. The summed E-state index contributed by atoms with van der Waals surface area (Å²) >= 11 is 0. The first-order valence-corrected chi connectivity index (χ1v) is 6.18. The second kappa shape index (κ2) is 4.44. The summed E-state index contributed by atoms with van der Waals surface area (Å²) in [5, 5.41) is 0. The van der Waals surface area contributed by atoms with Gasteiger partial charge in [-0.2, -0.15) is 0 Å². The molecule has 0 aromatic carbocycles. The number of nitrogens with zero attached hydrogens (tertiary/aromatic N) is 2. The average Bonchev–Trinajstić information content (AvgIpc) is 2.72. The van der Waals surface area contributed by atoms with Gasteiger partial charge in [-0.25, -0.2) is 0 Å². The molecule has 0 bridgehead atoms. The van der Waals surface area contributed by atoms with Crippen LogP contribution < -0.4 is 0 Å². The van der Waals surface area contributed by atoms with E-state index in [2.05, 4.69) is 13.8 Å². The molecule has 2 aliphatic heterocycles. The molecule has 0 N–H and O–H groups in total. The number of amides is 2. The van der Waals surface area contributed by atoms with Crippen molar-refractivity contribution in [3.8, 4) is 0 Å². The molecule has 2 fully saturated rings. The Labute approximate surface area is 96.6 Å². The predicted molar refractivity (Wildman–Crippen MR) is 60.8 cm³/mol. The third-order valence-electron chi connectivity index (χ3n) is 3.84. The van der Waals surface area contributed by atoms with E-state index < -0.39 is 0 Å². The maximum Gasteiger partial charge on any atom is 0.222 e. The third kappa shape index (κ3) is 2.06. The molecule has 0 radical (unpaired) electrons. The van der Waals surface area contributed by atoms with E-state index >= 15 is 0 Å². The molecule has 0 aliphatic carbocycles. The molecule has 2 rings (SSSR count). The fourth-order valence-corrected chi connectivity index (χ4v) is 2.66. The molecule has 90 valence electrons. The highest BCUT2D eigenvalue weighted by Gasteiger charge is 2.31. The molecule has 2 amide bonds. The van der Waals surface area contributed by atoms with E-state index in [1.54, 1.807) is 0 Å². The number of hydrogen-bond acceptors (Lipinski definition) is 2. The van der Waals surface area contributed by atoms with Gasteiger partial charge in [0.25, 0.3) is 0 Å². The van der Waals surface area contributed by atoms with Crippen molar-refractivity contribution in [2.75, 3.05) is 13.1 Å². The van der Waals surface area contributed by atoms with E-state index in [9.17, 15) is 9.59 Å². The molecule has 16 heavy (non-hydrogen) atoms. The zero-order chi connectivity index (χ0) is 11.7. The fourth-order valence-electron chi connectivity index (χ4n) is 2.66. The average molecular weight is 224 g/mol. The lowest BCUT2D eigenvalue weighted by Gasteiger charge is -2.27. The minimum Gasteiger partial charge on any atom is -0.338 e. The van der Waals surface area contributed by atoms with Crippen LogP contribution in [0.2, 0.25) is 0 Å². The van der Waals surface area contributed by atoms with Gasteiger partial charge >= 0.3 is 0 Å². The Kier molecular flexibility index (Phi) is 3.17. The lowest BCUT2D eigenvalue weighted by molar-refractivity contribution is -0.132. The SMILES string of the molecule is CC1CCC(=O)N1CCN1C(=O)CCC1C. The highest BCUT2D eigenvalue weighted by atomic mass is 16.2. The predicted octanol–water partition coefficient (Wildman–Crippen LogP) is 1.01. The summed E-state index contributed by atoms with van der Waals surface area (Å²) in [6.45, 7) is 5.58. The largest absolute Gasteiger partial charge is 0.338 e. The second-order valence-electron chi connectivity index (χ2n) is 4.95. The Morgan fingerprint density at radius 3 is 1.56 bits per heavy atom. The Morgan fingerprint density at radius 1 is 0.938 bits per heavy atom. The molecule has 0 saturated carbocycles. The zero-order valence-corrected chi connectivity index (χ0v) is 10.1. The first-order chi connectivity index (χ1) is 7.59. The number of likely N-dealkylation sites (tertiary alicyclic amines) is 2. The maximum absolute atomic E-state index is 11.6. The van der Waals surface area contributed by atoms with Gasteiger partial charge in [-0.05, 0) is 26.7 Å². The van der Waals surface area contributed by atoms with Gasteiger partial charge in [0.05, 0.1) is 0 Å². The molecule has 0 spiro atoms. The van der Waals surface area contributed by atoms with Crippen LogP contribution in [-0.4, -0.2) is 46.8 Å². The van der Waals surface area contributed by atoms with Crippen molar-refractivity contribution in [2.45, 2.75) is 51.6 Å². The van der Waals surface area contributed by atoms with Crippen LogP contribution in [-0.2, 0) is 9.59 Å². The van der Waals surface area contributed by atoms with Crippen LogP contribution in [0.3, 0.4) is 0 Å². The van der Waals surface area contributed by atoms with Crippen LogP contribution >= 0.6 is 0 Å². The smallest absolute Gasteiger partial charge is 0.222 e. The molecule has 2 saturated heterocycles. The lowest BCUT2D eigenvalue weighted by Crippen LogP contribution is -2.41. The monoisotopic (exact) mass is 224 g/mol. The summed E-state index contributed by atoms with van der Waals surface area (Å²) in [6, 6.07) is 0.695. The summed E-state index contributed by atoms with van der Waals surface area (Å²) < 4.78 is 0. The van der Waals surface area contributed by atoms with E-state index in [1.807, 2.05) is 9.80 Å². The topological polar surface area (TPSA) is 40.6 Å². The van der Waals surface area contributed by atoms with Crippen molar-refractivity contribution >= 4 is 11.8 Å².